The number of hydrogen-bond donors (Lipinski definition) is 2. The molecule has 152 valence electrons. The summed E-state index contributed by atoms with van der Waals surface area (Å²) >= 11 is 0. The highest BCUT2D eigenvalue weighted by Gasteiger charge is 2.16. The molecule has 0 fully saturated rings. The molecule has 6 heteroatoms. The molecule has 6 nitrogen and oxygen atoms in total. The first-order valence-electron chi connectivity index (χ1n) is 9.77. The zero-order valence-electron chi connectivity index (χ0n) is 17.2. The Bertz CT molecular complexity index is 871. The number of amides is 2. The molecule has 0 bridgehead atoms. The van der Waals surface area contributed by atoms with Gasteiger partial charge in [0.2, 0.25) is 5.91 Å². The number of nitriles is 1. The smallest absolute Gasteiger partial charge is 0.253 e. The lowest BCUT2D eigenvalue weighted by Crippen LogP contribution is -2.36. The van der Waals surface area contributed by atoms with E-state index in [0.717, 1.165) is 5.56 Å². The van der Waals surface area contributed by atoms with Gasteiger partial charge in [0.1, 0.15) is 0 Å². The maximum atomic E-state index is 12.6. The Hall–Kier alpha value is -3.17. The number of anilines is 1. The summed E-state index contributed by atoms with van der Waals surface area (Å²) in [5, 5.41) is 14.7. The van der Waals surface area contributed by atoms with Crippen LogP contribution in [0.2, 0.25) is 0 Å². The number of nitrogens with one attached hydrogen (secondary N) is 2. The van der Waals surface area contributed by atoms with E-state index in [2.05, 4.69) is 16.7 Å². The van der Waals surface area contributed by atoms with Crippen molar-refractivity contribution in [1.82, 2.24) is 10.2 Å². The predicted octanol–water partition coefficient (Wildman–Crippen LogP) is 3.35. The second-order valence-electron chi connectivity index (χ2n) is 7.12. The van der Waals surface area contributed by atoms with E-state index < -0.39 is 0 Å². The summed E-state index contributed by atoms with van der Waals surface area (Å²) in [6.45, 7) is 7.57. The monoisotopic (exact) mass is 392 g/mol. The number of carbonyl (C=O) groups is 2. The maximum absolute atomic E-state index is 12.6. The van der Waals surface area contributed by atoms with Crippen LogP contribution in [-0.4, -0.2) is 36.3 Å². The fourth-order valence-electron chi connectivity index (χ4n) is 2.90. The van der Waals surface area contributed by atoms with Crippen molar-refractivity contribution in [2.24, 2.45) is 5.92 Å². The average Bonchev–Trinajstić information content (AvgIpc) is 2.72. The summed E-state index contributed by atoms with van der Waals surface area (Å²) in [4.78, 5) is 27.0. The topological polar surface area (TPSA) is 85.2 Å². The molecular formula is C23H28N4O2. The fourth-order valence-corrected chi connectivity index (χ4v) is 2.90. The molecule has 1 unspecified atom stereocenters. The number of carbonyl (C=O) groups excluding carboxylic acids is 2. The summed E-state index contributed by atoms with van der Waals surface area (Å²) in [6, 6.07) is 17.1. The van der Waals surface area contributed by atoms with Gasteiger partial charge in [-0.2, -0.15) is 5.26 Å². The Kier molecular flexibility index (Phi) is 8.38. The van der Waals surface area contributed by atoms with Crippen LogP contribution in [0.25, 0.3) is 0 Å². The number of benzene rings is 2. The fraction of sp³-hybridized carbons (Fsp3) is 0.348. The molecule has 0 saturated carbocycles. The first kappa shape index (κ1) is 22.1. The molecule has 0 aliphatic carbocycles. The van der Waals surface area contributed by atoms with Crippen LogP contribution < -0.4 is 10.6 Å². The van der Waals surface area contributed by atoms with Gasteiger partial charge in [0.25, 0.3) is 5.91 Å². The van der Waals surface area contributed by atoms with E-state index >= 15 is 0 Å². The van der Waals surface area contributed by atoms with E-state index in [0.29, 0.717) is 30.9 Å². The van der Waals surface area contributed by atoms with Gasteiger partial charge < -0.3 is 10.6 Å². The van der Waals surface area contributed by atoms with Crippen molar-refractivity contribution in [2.45, 2.75) is 27.3 Å². The van der Waals surface area contributed by atoms with Crippen molar-refractivity contribution in [1.29, 1.82) is 5.26 Å². The lowest BCUT2D eigenvalue weighted by atomic mass is 10.1. The Balaban J connectivity index is 1.99. The van der Waals surface area contributed by atoms with Crippen LogP contribution in [-0.2, 0) is 11.3 Å². The zero-order valence-corrected chi connectivity index (χ0v) is 17.2. The van der Waals surface area contributed by atoms with Crippen molar-refractivity contribution in [3.8, 4) is 6.07 Å². The average molecular weight is 393 g/mol. The Morgan fingerprint density at radius 1 is 1.14 bits per heavy atom. The predicted molar refractivity (Wildman–Crippen MR) is 114 cm³/mol. The van der Waals surface area contributed by atoms with Crippen LogP contribution in [0.1, 0.15) is 35.3 Å². The van der Waals surface area contributed by atoms with Crippen molar-refractivity contribution >= 4 is 17.5 Å². The third kappa shape index (κ3) is 7.05. The summed E-state index contributed by atoms with van der Waals surface area (Å²) in [7, 11) is 0. The van der Waals surface area contributed by atoms with Gasteiger partial charge in [-0.25, -0.2) is 0 Å². The molecule has 0 aliphatic rings. The SMILES string of the molecule is CCN(CC(=O)Nc1ccccc1C(=O)NCc1ccc(C)cc1)CC(C)C#N. The minimum absolute atomic E-state index is 0.150. The molecule has 0 aromatic heterocycles. The van der Waals surface area contributed by atoms with Crippen molar-refractivity contribution in [2.75, 3.05) is 25.0 Å². The van der Waals surface area contributed by atoms with Gasteiger partial charge in [-0.15, -0.1) is 0 Å². The van der Waals surface area contributed by atoms with Gasteiger partial charge in [0, 0.05) is 13.1 Å². The summed E-state index contributed by atoms with van der Waals surface area (Å²) in [5.74, 6) is -0.606. The van der Waals surface area contributed by atoms with E-state index in [1.807, 2.05) is 49.9 Å². The highest BCUT2D eigenvalue weighted by atomic mass is 16.2. The summed E-state index contributed by atoms with van der Waals surface area (Å²) in [6.07, 6.45) is 0. The van der Waals surface area contributed by atoms with E-state index in [1.54, 1.807) is 24.3 Å². The number of rotatable bonds is 9. The number of aryl methyl sites for hydroxylation is 1. The largest absolute Gasteiger partial charge is 0.348 e. The molecule has 0 radical (unpaired) electrons. The quantitative estimate of drug-likeness (QED) is 0.685. The Morgan fingerprint density at radius 2 is 1.83 bits per heavy atom. The third-order valence-corrected chi connectivity index (χ3v) is 4.59. The first-order valence-corrected chi connectivity index (χ1v) is 9.77. The second-order valence-corrected chi connectivity index (χ2v) is 7.12. The summed E-state index contributed by atoms with van der Waals surface area (Å²) < 4.78 is 0. The molecule has 2 N–H and O–H groups in total. The van der Waals surface area contributed by atoms with E-state index in [4.69, 9.17) is 5.26 Å². The zero-order chi connectivity index (χ0) is 21.2. The van der Waals surface area contributed by atoms with Crippen molar-refractivity contribution in [3.63, 3.8) is 0 Å². The lowest BCUT2D eigenvalue weighted by molar-refractivity contribution is -0.117. The van der Waals surface area contributed by atoms with Gasteiger partial charge in [-0.05, 0) is 38.1 Å². The van der Waals surface area contributed by atoms with Gasteiger partial charge in [0.15, 0.2) is 0 Å². The maximum Gasteiger partial charge on any atom is 0.253 e. The molecular weight excluding hydrogens is 364 g/mol. The Labute approximate surface area is 172 Å². The first-order chi connectivity index (χ1) is 13.9. The number of para-hydroxylation sites is 1. The number of hydrogen-bond acceptors (Lipinski definition) is 4. The normalized spacial score (nSPS) is 11.6. The molecule has 0 spiro atoms. The molecule has 2 rings (SSSR count). The van der Waals surface area contributed by atoms with Crippen LogP contribution in [0.15, 0.2) is 48.5 Å². The Morgan fingerprint density at radius 3 is 2.48 bits per heavy atom. The third-order valence-electron chi connectivity index (χ3n) is 4.59. The standard InChI is InChI=1S/C23H28N4O2/c1-4-27(15-18(3)13-24)16-22(28)26-21-8-6-5-7-20(21)23(29)25-14-19-11-9-17(2)10-12-19/h5-12,18H,4,14-16H2,1-3H3,(H,25,29)(H,26,28). The number of nitrogens with zero attached hydrogens (tertiary/aromatic N) is 2. The molecule has 0 heterocycles. The van der Waals surface area contributed by atoms with Gasteiger partial charge >= 0.3 is 0 Å². The molecule has 0 aliphatic heterocycles. The van der Waals surface area contributed by atoms with Crippen molar-refractivity contribution < 1.29 is 9.59 Å². The van der Waals surface area contributed by atoms with E-state index in [1.165, 1.54) is 5.56 Å². The second kappa shape index (κ2) is 11.0. The van der Waals surface area contributed by atoms with Crippen LogP contribution in [0.5, 0.6) is 0 Å². The minimum Gasteiger partial charge on any atom is -0.348 e. The van der Waals surface area contributed by atoms with Gasteiger partial charge in [-0.3, -0.25) is 14.5 Å². The minimum atomic E-state index is -0.244. The summed E-state index contributed by atoms with van der Waals surface area (Å²) in [5.41, 5.74) is 3.07. The van der Waals surface area contributed by atoms with Crippen LogP contribution in [0.3, 0.4) is 0 Å². The molecule has 2 aromatic carbocycles. The molecule has 1 atom stereocenters. The van der Waals surface area contributed by atoms with Gasteiger partial charge in [-0.1, -0.05) is 48.9 Å². The van der Waals surface area contributed by atoms with Crippen LogP contribution in [0, 0.1) is 24.2 Å². The van der Waals surface area contributed by atoms with Crippen LogP contribution in [0.4, 0.5) is 5.69 Å². The van der Waals surface area contributed by atoms with Crippen LogP contribution >= 0.6 is 0 Å². The molecule has 0 saturated heterocycles. The van der Waals surface area contributed by atoms with Crippen molar-refractivity contribution in [3.05, 3.63) is 65.2 Å². The molecule has 29 heavy (non-hydrogen) atoms. The number of likely N-dealkylation sites (N-methyl/N-ethyl adjacent to an activating group) is 1. The molecule has 2 amide bonds. The van der Waals surface area contributed by atoms with Gasteiger partial charge in [0.05, 0.1) is 29.8 Å². The van der Waals surface area contributed by atoms with E-state index in [9.17, 15) is 9.59 Å². The highest BCUT2D eigenvalue weighted by molar-refractivity contribution is 6.04. The lowest BCUT2D eigenvalue weighted by Gasteiger charge is -2.21. The molecule has 2 aromatic rings. The highest BCUT2D eigenvalue weighted by Crippen LogP contribution is 2.15. The van der Waals surface area contributed by atoms with E-state index in [-0.39, 0.29) is 24.3 Å².